The Labute approximate surface area is 141 Å². The third-order valence-electron chi connectivity index (χ3n) is 3.39. The van der Waals surface area contributed by atoms with Crippen LogP contribution in [-0.2, 0) is 21.4 Å². The highest BCUT2D eigenvalue weighted by molar-refractivity contribution is 7.89. The van der Waals surface area contributed by atoms with Crippen molar-refractivity contribution in [2.75, 3.05) is 0 Å². The van der Waals surface area contributed by atoms with E-state index in [2.05, 4.69) is 5.32 Å². The molecule has 1 atom stereocenters. The van der Waals surface area contributed by atoms with Crippen molar-refractivity contribution in [1.29, 1.82) is 0 Å². The van der Waals surface area contributed by atoms with Crippen molar-refractivity contribution in [1.82, 2.24) is 5.32 Å². The molecule has 1 amide bonds. The molecule has 0 bridgehead atoms. The number of nitrogens with two attached hydrogens (primary N) is 1. The van der Waals surface area contributed by atoms with Gasteiger partial charge < -0.3 is 10.1 Å². The third-order valence-corrected chi connectivity index (χ3v) is 4.32. The van der Waals surface area contributed by atoms with Crippen LogP contribution in [0, 0.1) is 6.92 Å². The van der Waals surface area contributed by atoms with Crippen LogP contribution in [-0.4, -0.2) is 20.4 Å². The second-order valence-corrected chi connectivity index (χ2v) is 7.04. The molecule has 2 rings (SSSR count). The number of carbonyl (C=O) groups is 1. The average Bonchev–Trinajstić information content (AvgIpc) is 2.52. The fourth-order valence-corrected chi connectivity index (χ4v) is 2.59. The van der Waals surface area contributed by atoms with Crippen LogP contribution in [0.25, 0.3) is 0 Å². The number of sulfonamides is 1. The first-order valence-electron chi connectivity index (χ1n) is 7.38. The Morgan fingerprint density at radius 3 is 2.46 bits per heavy atom. The van der Waals surface area contributed by atoms with Crippen LogP contribution >= 0.6 is 0 Å². The van der Waals surface area contributed by atoms with E-state index in [0.717, 1.165) is 11.1 Å². The molecule has 128 valence electrons. The highest BCUT2D eigenvalue weighted by Gasteiger charge is 2.14. The van der Waals surface area contributed by atoms with Gasteiger partial charge in [0.1, 0.15) is 5.75 Å². The van der Waals surface area contributed by atoms with E-state index >= 15 is 0 Å². The molecule has 0 aliphatic rings. The summed E-state index contributed by atoms with van der Waals surface area (Å²) in [6.07, 6.45) is -0.643. The smallest absolute Gasteiger partial charge is 0.261 e. The van der Waals surface area contributed by atoms with Gasteiger partial charge in [-0.15, -0.1) is 0 Å². The van der Waals surface area contributed by atoms with Crippen molar-refractivity contribution in [2.24, 2.45) is 5.14 Å². The van der Waals surface area contributed by atoms with Crippen molar-refractivity contribution < 1.29 is 17.9 Å². The second-order valence-electron chi connectivity index (χ2n) is 5.48. The van der Waals surface area contributed by atoms with Crippen LogP contribution in [0.3, 0.4) is 0 Å². The summed E-state index contributed by atoms with van der Waals surface area (Å²) in [6, 6.07) is 13.5. The molecule has 0 spiro atoms. The molecule has 0 aliphatic carbocycles. The van der Waals surface area contributed by atoms with E-state index in [1.54, 1.807) is 25.1 Å². The lowest BCUT2D eigenvalue weighted by Gasteiger charge is -2.15. The number of hydrogen-bond acceptors (Lipinski definition) is 4. The monoisotopic (exact) mass is 348 g/mol. The number of nitrogens with one attached hydrogen (secondary N) is 1. The standard InChI is InChI=1S/C17H20N2O4S/c1-12-4-3-5-15(10-12)23-13(2)17(20)19-11-14-6-8-16(9-7-14)24(18,21)22/h3-10,13H,11H2,1-2H3,(H,19,20)(H2,18,21,22)/t13-/m1/s1. The van der Waals surface area contributed by atoms with Crippen molar-refractivity contribution in [3.05, 3.63) is 59.7 Å². The number of hydrogen-bond donors (Lipinski definition) is 2. The first kappa shape index (κ1) is 18.0. The van der Waals surface area contributed by atoms with Gasteiger partial charge in [0, 0.05) is 6.54 Å². The van der Waals surface area contributed by atoms with E-state index < -0.39 is 16.1 Å². The molecule has 2 aromatic carbocycles. The highest BCUT2D eigenvalue weighted by Crippen LogP contribution is 2.14. The number of benzene rings is 2. The lowest BCUT2D eigenvalue weighted by molar-refractivity contribution is -0.127. The van der Waals surface area contributed by atoms with Gasteiger partial charge in [-0.3, -0.25) is 4.79 Å². The van der Waals surface area contributed by atoms with Crippen molar-refractivity contribution in [2.45, 2.75) is 31.4 Å². The minimum absolute atomic E-state index is 0.0359. The number of amides is 1. The van der Waals surface area contributed by atoms with Gasteiger partial charge in [-0.2, -0.15) is 0 Å². The van der Waals surface area contributed by atoms with E-state index in [4.69, 9.17) is 9.88 Å². The lowest BCUT2D eigenvalue weighted by atomic mass is 10.2. The Morgan fingerprint density at radius 1 is 1.21 bits per heavy atom. The lowest BCUT2D eigenvalue weighted by Crippen LogP contribution is -2.35. The summed E-state index contributed by atoms with van der Waals surface area (Å²) in [5, 5.41) is 7.79. The predicted octanol–water partition coefficient (Wildman–Crippen LogP) is 1.73. The van der Waals surface area contributed by atoms with Gasteiger partial charge in [-0.25, -0.2) is 13.6 Å². The van der Waals surface area contributed by atoms with Crippen molar-refractivity contribution in [3.8, 4) is 5.75 Å². The molecule has 0 unspecified atom stereocenters. The van der Waals surface area contributed by atoms with Gasteiger partial charge in [0.15, 0.2) is 6.10 Å². The van der Waals surface area contributed by atoms with Crippen molar-refractivity contribution >= 4 is 15.9 Å². The summed E-state index contributed by atoms with van der Waals surface area (Å²) in [6.45, 7) is 3.88. The van der Waals surface area contributed by atoms with Gasteiger partial charge in [0.05, 0.1) is 4.90 Å². The normalized spacial score (nSPS) is 12.5. The Bertz CT molecular complexity index is 817. The average molecular weight is 348 g/mol. The third kappa shape index (κ3) is 5.07. The summed E-state index contributed by atoms with van der Waals surface area (Å²) in [5.41, 5.74) is 1.81. The molecule has 7 heteroatoms. The van der Waals surface area contributed by atoms with Crippen LogP contribution in [0.1, 0.15) is 18.1 Å². The molecule has 0 saturated heterocycles. The first-order chi connectivity index (χ1) is 11.3. The predicted molar refractivity (Wildman–Crippen MR) is 90.9 cm³/mol. The maximum atomic E-state index is 12.1. The van der Waals surface area contributed by atoms with Crippen LogP contribution in [0.2, 0.25) is 0 Å². The Morgan fingerprint density at radius 2 is 1.88 bits per heavy atom. The topological polar surface area (TPSA) is 98.5 Å². The molecule has 0 heterocycles. The summed E-state index contributed by atoms with van der Waals surface area (Å²) in [4.78, 5) is 12.1. The van der Waals surface area contributed by atoms with Gasteiger partial charge in [-0.1, -0.05) is 24.3 Å². The molecule has 0 aliphatic heterocycles. The second kappa shape index (κ2) is 7.46. The molecule has 3 N–H and O–H groups in total. The van der Waals surface area contributed by atoms with E-state index in [0.29, 0.717) is 5.75 Å². The molecule has 0 aromatic heterocycles. The number of aryl methyl sites for hydroxylation is 1. The minimum atomic E-state index is -3.71. The summed E-state index contributed by atoms with van der Waals surface area (Å²) >= 11 is 0. The zero-order chi connectivity index (χ0) is 17.7. The van der Waals surface area contributed by atoms with Gasteiger partial charge >= 0.3 is 0 Å². The molecule has 0 fully saturated rings. The first-order valence-corrected chi connectivity index (χ1v) is 8.93. The van der Waals surface area contributed by atoms with Crippen LogP contribution < -0.4 is 15.2 Å². The summed E-state index contributed by atoms with van der Waals surface area (Å²) < 4.78 is 28.0. The SMILES string of the molecule is Cc1cccc(O[C@H](C)C(=O)NCc2ccc(S(N)(=O)=O)cc2)c1. The molecule has 0 saturated carbocycles. The fraction of sp³-hybridized carbons (Fsp3) is 0.235. The number of carbonyl (C=O) groups excluding carboxylic acids is 1. The van der Waals surface area contributed by atoms with E-state index in [9.17, 15) is 13.2 Å². The van der Waals surface area contributed by atoms with E-state index in [1.165, 1.54) is 12.1 Å². The maximum absolute atomic E-state index is 12.1. The Hall–Kier alpha value is -2.38. The van der Waals surface area contributed by atoms with Crippen LogP contribution in [0.15, 0.2) is 53.4 Å². The molecule has 0 radical (unpaired) electrons. The highest BCUT2D eigenvalue weighted by atomic mass is 32.2. The molecular formula is C17H20N2O4S. The molecular weight excluding hydrogens is 328 g/mol. The molecule has 24 heavy (non-hydrogen) atoms. The quantitative estimate of drug-likeness (QED) is 0.830. The fourth-order valence-electron chi connectivity index (χ4n) is 2.08. The van der Waals surface area contributed by atoms with E-state index in [-0.39, 0.29) is 17.3 Å². The van der Waals surface area contributed by atoms with Crippen LogP contribution in [0.4, 0.5) is 0 Å². The van der Waals surface area contributed by atoms with Gasteiger partial charge in [0.2, 0.25) is 10.0 Å². The molecule has 2 aromatic rings. The number of primary sulfonamides is 1. The largest absolute Gasteiger partial charge is 0.481 e. The Balaban J connectivity index is 1.90. The summed E-state index contributed by atoms with van der Waals surface area (Å²) in [5.74, 6) is 0.377. The van der Waals surface area contributed by atoms with Gasteiger partial charge in [-0.05, 0) is 49.2 Å². The van der Waals surface area contributed by atoms with Crippen LogP contribution in [0.5, 0.6) is 5.75 Å². The zero-order valence-corrected chi connectivity index (χ0v) is 14.3. The molecule has 6 nitrogen and oxygen atoms in total. The summed E-state index contributed by atoms with van der Waals surface area (Å²) in [7, 11) is -3.71. The maximum Gasteiger partial charge on any atom is 0.261 e. The number of rotatable bonds is 6. The zero-order valence-electron chi connectivity index (χ0n) is 13.5. The van der Waals surface area contributed by atoms with Gasteiger partial charge in [0.25, 0.3) is 5.91 Å². The number of ether oxygens (including phenoxy) is 1. The van der Waals surface area contributed by atoms with Crippen molar-refractivity contribution in [3.63, 3.8) is 0 Å². The van der Waals surface area contributed by atoms with E-state index in [1.807, 2.05) is 25.1 Å². The minimum Gasteiger partial charge on any atom is -0.481 e. The Kier molecular flexibility index (Phi) is 5.58.